The van der Waals surface area contributed by atoms with Gasteiger partial charge in [-0.3, -0.25) is 0 Å². The molecule has 0 bridgehead atoms. The highest BCUT2D eigenvalue weighted by Crippen LogP contribution is 2.31. The molecule has 1 heteroatoms. The van der Waals surface area contributed by atoms with Crippen molar-refractivity contribution in [2.75, 3.05) is 0 Å². The van der Waals surface area contributed by atoms with Gasteiger partial charge in [-0.2, -0.15) is 0 Å². The first-order valence-corrected chi connectivity index (χ1v) is 7.07. The summed E-state index contributed by atoms with van der Waals surface area (Å²) in [5.41, 5.74) is 9.89. The van der Waals surface area contributed by atoms with E-state index in [-0.39, 0.29) is 6.04 Å². The summed E-state index contributed by atoms with van der Waals surface area (Å²) >= 11 is 0. The second-order valence-electron chi connectivity index (χ2n) is 5.37. The Balaban J connectivity index is 2.21. The van der Waals surface area contributed by atoms with E-state index >= 15 is 0 Å². The Labute approximate surface area is 120 Å². The van der Waals surface area contributed by atoms with Gasteiger partial charge in [-0.05, 0) is 40.8 Å². The van der Waals surface area contributed by atoms with Gasteiger partial charge in [0.25, 0.3) is 0 Å². The van der Waals surface area contributed by atoms with E-state index in [1.165, 1.54) is 27.5 Å². The van der Waals surface area contributed by atoms with Crippen molar-refractivity contribution in [3.63, 3.8) is 0 Å². The zero-order valence-corrected chi connectivity index (χ0v) is 11.7. The molecular weight excluding hydrogens is 242 g/mol. The Morgan fingerprint density at radius 1 is 0.800 bits per heavy atom. The highest BCUT2D eigenvalue weighted by atomic mass is 14.6. The van der Waals surface area contributed by atoms with E-state index in [4.69, 9.17) is 5.73 Å². The normalized spacial score (nSPS) is 12.5. The van der Waals surface area contributed by atoms with E-state index in [1.807, 2.05) is 0 Å². The number of nitrogens with two attached hydrogens (primary N) is 1. The molecule has 3 aromatic rings. The average Bonchev–Trinajstić information content (AvgIpc) is 2.47. The van der Waals surface area contributed by atoms with Crippen LogP contribution in [0.25, 0.3) is 21.9 Å². The van der Waals surface area contributed by atoms with Crippen LogP contribution in [-0.4, -0.2) is 6.04 Å². The highest BCUT2D eigenvalue weighted by Gasteiger charge is 2.09. The summed E-state index contributed by atoms with van der Waals surface area (Å²) in [6.07, 6.45) is 0.902. The van der Waals surface area contributed by atoms with Crippen molar-refractivity contribution in [1.29, 1.82) is 0 Å². The number of fused-ring (bicyclic) bond motifs is 1. The minimum absolute atomic E-state index is 0.172. The van der Waals surface area contributed by atoms with E-state index in [1.54, 1.807) is 0 Å². The molecular formula is C19H19N. The third-order valence-corrected chi connectivity index (χ3v) is 3.64. The number of hydrogen-bond donors (Lipinski definition) is 1. The van der Waals surface area contributed by atoms with Crippen LogP contribution in [0.1, 0.15) is 12.5 Å². The Hall–Kier alpha value is -2.12. The van der Waals surface area contributed by atoms with Crippen LogP contribution in [0.4, 0.5) is 0 Å². The van der Waals surface area contributed by atoms with Gasteiger partial charge in [0.05, 0.1) is 0 Å². The van der Waals surface area contributed by atoms with Crippen molar-refractivity contribution < 1.29 is 0 Å². The first-order chi connectivity index (χ1) is 9.75. The molecule has 0 fully saturated rings. The van der Waals surface area contributed by atoms with Gasteiger partial charge >= 0.3 is 0 Å². The Bertz CT molecular complexity index is 723. The predicted octanol–water partition coefficient (Wildman–Crippen LogP) is 4.40. The summed E-state index contributed by atoms with van der Waals surface area (Å²) in [6.45, 7) is 2.06. The van der Waals surface area contributed by atoms with Gasteiger partial charge in [-0.25, -0.2) is 0 Å². The molecule has 1 nitrogen and oxygen atoms in total. The van der Waals surface area contributed by atoms with Crippen molar-refractivity contribution in [2.24, 2.45) is 5.73 Å². The molecule has 1 unspecified atom stereocenters. The van der Waals surface area contributed by atoms with Crippen LogP contribution in [0.3, 0.4) is 0 Å². The molecule has 0 aliphatic rings. The first-order valence-electron chi connectivity index (χ1n) is 7.07. The standard InChI is InChI=1S/C19H19N/c1-14(20)13-16-8-3-5-11-18(16)19-12-6-9-15-7-2-4-10-17(15)19/h2-12,14H,13,20H2,1H3. The molecule has 0 radical (unpaired) electrons. The highest BCUT2D eigenvalue weighted by molar-refractivity contribution is 5.97. The fourth-order valence-electron chi connectivity index (χ4n) is 2.77. The summed E-state index contributed by atoms with van der Waals surface area (Å²) < 4.78 is 0. The lowest BCUT2D eigenvalue weighted by molar-refractivity contribution is 0.739. The second-order valence-corrected chi connectivity index (χ2v) is 5.37. The largest absolute Gasteiger partial charge is 0.328 e. The second kappa shape index (κ2) is 5.48. The molecule has 1 atom stereocenters. The summed E-state index contributed by atoms with van der Waals surface area (Å²) in [5.74, 6) is 0. The van der Waals surface area contributed by atoms with Crippen LogP contribution in [0, 0.1) is 0 Å². The fraction of sp³-hybridized carbons (Fsp3) is 0.158. The lowest BCUT2D eigenvalue weighted by Gasteiger charge is -2.13. The zero-order valence-electron chi connectivity index (χ0n) is 11.7. The van der Waals surface area contributed by atoms with Crippen molar-refractivity contribution in [3.05, 3.63) is 72.3 Å². The Morgan fingerprint density at radius 2 is 1.45 bits per heavy atom. The SMILES string of the molecule is CC(N)Cc1ccccc1-c1cccc2ccccc12. The van der Waals surface area contributed by atoms with Crippen LogP contribution in [0.5, 0.6) is 0 Å². The van der Waals surface area contributed by atoms with E-state index < -0.39 is 0 Å². The Morgan fingerprint density at radius 3 is 2.30 bits per heavy atom. The van der Waals surface area contributed by atoms with Gasteiger partial charge in [0.15, 0.2) is 0 Å². The predicted molar refractivity (Wildman–Crippen MR) is 86.7 cm³/mol. The van der Waals surface area contributed by atoms with Crippen LogP contribution < -0.4 is 5.73 Å². The first kappa shape index (κ1) is 12.9. The molecule has 0 aliphatic carbocycles. The molecule has 0 aromatic heterocycles. The van der Waals surface area contributed by atoms with E-state index in [2.05, 4.69) is 73.7 Å². The molecule has 0 saturated heterocycles. The maximum absolute atomic E-state index is 5.98. The van der Waals surface area contributed by atoms with Crippen LogP contribution in [0.15, 0.2) is 66.7 Å². The van der Waals surface area contributed by atoms with Gasteiger partial charge in [0.1, 0.15) is 0 Å². The number of rotatable bonds is 3. The molecule has 3 rings (SSSR count). The fourth-order valence-corrected chi connectivity index (χ4v) is 2.77. The van der Waals surface area contributed by atoms with Crippen LogP contribution in [0.2, 0.25) is 0 Å². The number of benzene rings is 3. The molecule has 100 valence electrons. The lowest BCUT2D eigenvalue weighted by Crippen LogP contribution is -2.18. The topological polar surface area (TPSA) is 26.0 Å². The molecule has 0 amide bonds. The summed E-state index contributed by atoms with van der Waals surface area (Å²) in [7, 11) is 0. The maximum Gasteiger partial charge on any atom is 0.00511 e. The van der Waals surface area contributed by atoms with E-state index in [9.17, 15) is 0 Å². The molecule has 0 saturated carbocycles. The van der Waals surface area contributed by atoms with Gasteiger partial charge in [-0.15, -0.1) is 0 Å². The summed E-state index contributed by atoms with van der Waals surface area (Å²) in [4.78, 5) is 0. The third-order valence-electron chi connectivity index (χ3n) is 3.64. The molecule has 0 spiro atoms. The molecule has 0 heterocycles. The lowest BCUT2D eigenvalue weighted by atomic mass is 9.92. The molecule has 0 aliphatic heterocycles. The Kier molecular flexibility index (Phi) is 3.53. The van der Waals surface area contributed by atoms with Gasteiger partial charge in [0.2, 0.25) is 0 Å². The van der Waals surface area contributed by atoms with Gasteiger partial charge in [0, 0.05) is 6.04 Å². The van der Waals surface area contributed by atoms with Crippen molar-refractivity contribution >= 4 is 10.8 Å². The average molecular weight is 261 g/mol. The zero-order chi connectivity index (χ0) is 13.9. The van der Waals surface area contributed by atoms with Gasteiger partial charge in [-0.1, -0.05) is 66.7 Å². The molecule has 20 heavy (non-hydrogen) atoms. The van der Waals surface area contributed by atoms with E-state index in [0.29, 0.717) is 0 Å². The van der Waals surface area contributed by atoms with E-state index in [0.717, 1.165) is 6.42 Å². The smallest absolute Gasteiger partial charge is 0.00511 e. The van der Waals surface area contributed by atoms with Crippen LogP contribution >= 0.6 is 0 Å². The molecule has 3 aromatic carbocycles. The monoisotopic (exact) mass is 261 g/mol. The maximum atomic E-state index is 5.98. The quantitative estimate of drug-likeness (QED) is 0.743. The minimum Gasteiger partial charge on any atom is -0.328 e. The van der Waals surface area contributed by atoms with Gasteiger partial charge < -0.3 is 5.73 Å². The van der Waals surface area contributed by atoms with Crippen molar-refractivity contribution in [1.82, 2.24) is 0 Å². The van der Waals surface area contributed by atoms with Crippen LogP contribution in [-0.2, 0) is 6.42 Å². The third kappa shape index (κ3) is 2.45. The minimum atomic E-state index is 0.172. The molecule has 2 N–H and O–H groups in total. The number of hydrogen-bond acceptors (Lipinski definition) is 1. The summed E-state index contributed by atoms with van der Waals surface area (Å²) in [5, 5.41) is 2.58. The van der Waals surface area contributed by atoms with Crippen molar-refractivity contribution in [2.45, 2.75) is 19.4 Å². The van der Waals surface area contributed by atoms with Crippen molar-refractivity contribution in [3.8, 4) is 11.1 Å². The summed E-state index contributed by atoms with van der Waals surface area (Å²) in [6, 6.07) is 23.7.